The maximum Gasteiger partial charge on any atom is 0.387 e. The molecule has 0 amide bonds. The first-order valence-electron chi connectivity index (χ1n) is 8.91. The zero-order chi connectivity index (χ0) is 18.8. The van der Waals surface area contributed by atoms with Crippen LogP contribution in [0.2, 0.25) is 0 Å². The van der Waals surface area contributed by atoms with Crippen LogP contribution in [0.4, 0.5) is 8.78 Å². The van der Waals surface area contributed by atoms with Crippen LogP contribution >= 0.6 is 24.0 Å². The van der Waals surface area contributed by atoms with Gasteiger partial charge in [0.05, 0.1) is 19.8 Å². The van der Waals surface area contributed by atoms with Crippen molar-refractivity contribution in [2.75, 3.05) is 53.0 Å². The molecule has 1 heterocycles. The molecule has 0 saturated carbocycles. The summed E-state index contributed by atoms with van der Waals surface area (Å²) >= 11 is 0. The van der Waals surface area contributed by atoms with Gasteiger partial charge in [0, 0.05) is 39.8 Å². The number of rotatable bonds is 8. The van der Waals surface area contributed by atoms with Gasteiger partial charge in [-0.1, -0.05) is 12.1 Å². The van der Waals surface area contributed by atoms with Crippen LogP contribution in [0, 0.1) is 0 Å². The molecule has 27 heavy (non-hydrogen) atoms. The summed E-state index contributed by atoms with van der Waals surface area (Å²) in [7, 11) is 1.96. The van der Waals surface area contributed by atoms with Crippen molar-refractivity contribution in [1.82, 2.24) is 15.1 Å². The van der Waals surface area contributed by atoms with Crippen LogP contribution in [-0.2, 0) is 11.3 Å². The zero-order valence-electron chi connectivity index (χ0n) is 15.9. The van der Waals surface area contributed by atoms with Crippen LogP contribution in [0.5, 0.6) is 5.75 Å². The molecule has 0 radical (unpaired) electrons. The van der Waals surface area contributed by atoms with Gasteiger partial charge in [0.15, 0.2) is 5.96 Å². The number of hydrogen-bond acceptors (Lipinski definition) is 4. The summed E-state index contributed by atoms with van der Waals surface area (Å²) in [5.41, 5.74) is 0.993. The third-order valence-electron chi connectivity index (χ3n) is 4.05. The first kappa shape index (κ1) is 23.8. The minimum atomic E-state index is -2.80. The largest absolute Gasteiger partial charge is 0.435 e. The van der Waals surface area contributed by atoms with E-state index >= 15 is 0 Å². The van der Waals surface area contributed by atoms with E-state index in [0.717, 1.165) is 50.9 Å². The van der Waals surface area contributed by atoms with E-state index in [2.05, 4.69) is 19.9 Å². The number of nitrogens with zero attached hydrogens (tertiary/aromatic N) is 3. The van der Waals surface area contributed by atoms with Gasteiger partial charge in [0.25, 0.3) is 0 Å². The molecule has 6 nitrogen and oxygen atoms in total. The van der Waals surface area contributed by atoms with Crippen LogP contribution in [0.1, 0.15) is 12.5 Å². The van der Waals surface area contributed by atoms with E-state index in [1.807, 2.05) is 18.9 Å². The van der Waals surface area contributed by atoms with Crippen molar-refractivity contribution >= 4 is 29.9 Å². The van der Waals surface area contributed by atoms with E-state index in [1.165, 1.54) is 0 Å². The highest BCUT2D eigenvalue weighted by Gasteiger charge is 2.11. The van der Waals surface area contributed by atoms with Gasteiger partial charge in [0.2, 0.25) is 0 Å². The van der Waals surface area contributed by atoms with Crippen molar-refractivity contribution in [1.29, 1.82) is 0 Å². The standard InChI is InChI=1S/C18H28F2N4O2.HI/c1-3-21-18(22-8-9-24-10-12-25-13-11-24)23(2)14-15-4-6-16(7-5-15)26-17(19)20;/h4-7,17H,3,8-14H2,1-2H3,(H,21,22);1H. The van der Waals surface area contributed by atoms with Crippen LogP contribution in [0.25, 0.3) is 0 Å². The van der Waals surface area contributed by atoms with Crippen molar-refractivity contribution in [3.05, 3.63) is 29.8 Å². The van der Waals surface area contributed by atoms with E-state index in [-0.39, 0.29) is 29.7 Å². The molecule has 1 aromatic rings. The summed E-state index contributed by atoms with van der Waals surface area (Å²) in [5.74, 6) is 0.992. The Labute approximate surface area is 176 Å². The number of halogens is 3. The van der Waals surface area contributed by atoms with Crippen LogP contribution < -0.4 is 10.1 Å². The number of morpholine rings is 1. The Kier molecular flexibility index (Phi) is 11.5. The van der Waals surface area contributed by atoms with Gasteiger partial charge >= 0.3 is 6.61 Å². The number of aliphatic imine (C=N–C) groups is 1. The van der Waals surface area contributed by atoms with Crippen molar-refractivity contribution in [3.63, 3.8) is 0 Å². The molecule has 1 saturated heterocycles. The molecule has 0 aliphatic carbocycles. The van der Waals surface area contributed by atoms with Gasteiger partial charge in [-0.25, -0.2) is 0 Å². The topological polar surface area (TPSA) is 49.3 Å². The fourth-order valence-electron chi connectivity index (χ4n) is 2.72. The lowest BCUT2D eigenvalue weighted by molar-refractivity contribution is -0.0498. The van der Waals surface area contributed by atoms with E-state index in [9.17, 15) is 8.78 Å². The zero-order valence-corrected chi connectivity index (χ0v) is 18.2. The summed E-state index contributed by atoms with van der Waals surface area (Å²) < 4.78 is 34.1. The van der Waals surface area contributed by atoms with E-state index in [0.29, 0.717) is 13.1 Å². The fourth-order valence-corrected chi connectivity index (χ4v) is 2.72. The Morgan fingerprint density at radius 3 is 2.56 bits per heavy atom. The molecule has 9 heteroatoms. The highest BCUT2D eigenvalue weighted by Crippen LogP contribution is 2.15. The van der Waals surface area contributed by atoms with Crippen molar-refractivity contribution < 1.29 is 18.3 Å². The molecule has 0 atom stereocenters. The number of guanidine groups is 1. The Morgan fingerprint density at radius 1 is 1.30 bits per heavy atom. The summed E-state index contributed by atoms with van der Waals surface area (Å²) in [4.78, 5) is 9.05. The highest BCUT2D eigenvalue weighted by molar-refractivity contribution is 14.0. The number of alkyl halides is 2. The predicted molar refractivity (Wildman–Crippen MR) is 113 cm³/mol. The molecule has 1 aliphatic rings. The number of benzene rings is 1. The first-order valence-corrected chi connectivity index (χ1v) is 8.91. The van der Waals surface area contributed by atoms with Crippen molar-refractivity contribution in [3.8, 4) is 5.75 Å². The second kappa shape index (κ2) is 13.1. The summed E-state index contributed by atoms with van der Waals surface area (Å²) in [5, 5.41) is 3.29. The number of hydrogen-bond donors (Lipinski definition) is 1. The van der Waals surface area contributed by atoms with Crippen molar-refractivity contribution in [2.24, 2.45) is 4.99 Å². The van der Waals surface area contributed by atoms with Gasteiger partial charge < -0.3 is 19.7 Å². The minimum Gasteiger partial charge on any atom is -0.435 e. The Morgan fingerprint density at radius 2 is 1.96 bits per heavy atom. The molecule has 0 unspecified atom stereocenters. The molecule has 1 fully saturated rings. The third-order valence-corrected chi connectivity index (χ3v) is 4.05. The monoisotopic (exact) mass is 498 g/mol. The Balaban J connectivity index is 0.00000364. The average Bonchev–Trinajstić information content (AvgIpc) is 2.63. The average molecular weight is 498 g/mol. The normalized spacial score (nSPS) is 15.4. The van der Waals surface area contributed by atoms with Gasteiger partial charge in [0.1, 0.15) is 5.75 Å². The molecule has 1 aliphatic heterocycles. The quantitative estimate of drug-likeness (QED) is 0.340. The van der Waals surface area contributed by atoms with Gasteiger partial charge in [-0.05, 0) is 24.6 Å². The molecular weight excluding hydrogens is 469 g/mol. The molecule has 0 spiro atoms. The molecule has 1 N–H and O–H groups in total. The lowest BCUT2D eigenvalue weighted by atomic mass is 10.2. The van der Waals surface area contributed by atoms with Crippen LogP contribution in [-0.4, -0.2) is 75.4 Å². The summed E-state index contributed by atoms with van der Waals surface area (Å²) in [6.45, 7) is 5.73. The van der Waals surface area contributed by atoms with Gasteiger partial charge in [-0.3, -0.25) is 9.89 Å². The summed E-state index contributed by atoms with van der Waals surface area (Å²) in [6.07, 6.45) is 0. The SMILES string of the molecule is CCNC(=NCCN1CCOCC1)N(C)Cc1ccc(OC(F)F)cc1.I. The maximum absolute atomic E-state index is 12.2. The number of nitrogens with one attached hydrogen (secondary N) is 1. The van der Waals surface area contributed by atoms with E-state index in [4.69, 9.17) is 4.74 Å². The smallest absolute Gasteiger partial charge is 0.387 e. The second-order valence-corrected chi connectivity index (χ2v) is 6.07. The lowest BCUT2D eigenvalue weighted by Gasteiger charge is -2.26. The Hall–Kier alpha value is -1.20. The fraction of sp³-hybridized carbons (Fsp3) is 0.611. The molecule has 1 aromatic carbocycles. The Bertz CT molecular complexity index is 555. The predicted octanol–water partition coefficient (Wildman–Crippen LogP) is 2.64. The second-order valence-electron chi connectivity index (χ2n) is 6.07. The van der Waals surface area contributed by atoms with Crippen molar-refractivity contribution in [2.45, 2.75) is 20.1 Å². The molecule has 0 aromatic heterocycles. The first-order chi connectivity index (χ1) is 12.6. The maximum atomic E-state index is 12.2. The molecule has 0 bridgehead atoms. The molecule has 154 valence electrons. The summed E-state index contributed by atoms with van der Waals surface area (Å²) in [6, 6.07) is 6.67. The van der Waals surface area contributed by atoms with E-state index < -0.39 is 6.61 Å². The van der Waals surface area contributed by atoms with E-state index in [1.54, 1.807) is 24.3 Å². The molecular formula is C18H29F2IN4O2. The van der Waals surface area contributed by atoms with Crippen LogP contribution in [0.3, 0.4) is 0 Å². The van der Waals surface area contributed by atoms with Gasteiger partial charge in [-0.2, -0.15) is 8.78 Å². The minimum absolute atomic E-state index is 0. The van der Waals surface area contributed by atoms with Gasteiger partial charge in [-0.15, -0.1) is 24.0 Å². The van der Waals surface area contributed by atoms with Crippen LogP contribution in [0.15, 0.2) is 29.3 Å². The third kappa shape index (κ3) is 9.02. The number of ether oxygens (including phenoxy) is 2. The highest BCUT2D eigenvalue weighted by atomic mass is 127. The lowest BCUT2D eigenvalue weighted by Crippen LogP contribution is -2.40. The molecule has 2 rings (SSSR count).